The summed E-state index contributed by atoms with van der Waals surface area (Å²) in [5.41, 5.74) is 30.3. The average molecular weight is 1040 g/mol. The lowest BCUT2D eigenvalue weighted by molar-refractivity contribution is 1.09. The normalized spacial score (nSPS) is 14.9. The highest BCUT2D eigenvalue weighted by atomic mass is 14.8. The maximum absolute atomic E-state index is 4.64. The predicted molar refractivity (Wildman–Crippen MR) is 341 cm³/mol. The van der Waals surface area contributed by atoms with Crippen LogP contribution in [0.15, 0.2) is 161 Å². The molecule has 0 saturated heterocycles. The molecule has 0 spiro atoms. The molecule has 6 aromatic rings. The average Bonchev–Trinajstić information content (AvgIpc) is 4.34. The molecule has 0 radical (unpaired) electrons. The third kappa shape index (κ3) is 15.9. The van der Waals surface area contributed by atoms with Crippen molar-refractivity contribution in [1.29, 1.82) is 0 Å². The molecule has 0 saturated carbocycles. The van der Waals surface area contributed by atoms with Crippen LogP contribution in [-0.4, -0.2) is 45.7 Å². The van der Waals surface area contributed by atoms with Crippen molar-refractivity contribution in [3.63, 3.8) is 0 Å². The topological polar surface area (TPSA) is 98.9 Å². The first-order valence-corrected chi connectivity index (χ1v) is 28.9. The van der Waals surface area contributed by atoms with Crippen LogP contribution in [0.2, 0.25) is 0 Å². The van der Waals surface area contributed by atoms with Crippen molar-refractivity contribution in [2.45, 2.75) is 173 Å². The van der Waals surface area contributed by atoms with E-state index in [1.165, 1.54) is 126 Å². The van der Waals surface area contributed by atoms with Crippen LogP contribution in [0.3, 0.4) is 0 Å². The quantitative estimate of drug-likeness (QED) is 0.168. The lowest BCUT2D eigenvalue weighted by Crippen LogP contribution is -1.95. The van der Waals surface area contributed by atoms with Gasteiger partial charge in [0, 0.05) is 97.1 Å². The van der Waals surface area contributed by atoms with E-state index in [-0.39, 0.29) is 0 Å². The Labute approximate surface area is 467 Å². The molecule has 404 valence electrons. The fourth-order valence-corrected chi connectivity index (χ4v) is 10.0. The minimum atomic E-state index is 1.000. The molecule has 0 fully saturated rings. The number of rotatable bonds is 4. The summed E-state index contributed by atoms with van der Waals surface area (Å²) in [6, 6.07) is 42.1. The molecule has 0 amide bonds. The first kappa shape index (κ1) is 58.4. The fourth-order valence-electron chi connectivity index (χ4n) is 10.0. The zero-order valence-electron chi connectivity index (χ0n) is 49.0. The number of benzene rings is 6. The zero-order chi connectivity index (χ0) is 55.6. The Hall–Kier alpha value is -7.32. The van der Waals surface area contributed by atoms with Crippen LogP contribution in [0, 0.1) is 0 Å². The number of para-hydroxylation sites is 4. The van der Waals surface area contributed by atoms with E-state index in [0.29, 0.717) is 0 Å². The van der Waals surface area contributed by atoms with Gasteiger partial charge in [-0.3, -0.25) is 39.9 Å². The molecule has 8 aliphatic heterocycles. The molecule has 6 aromatic carbocycles. The van der Waals surface area contributed by atoms with Crippen molar-refractivity contribution in [3.8, 4) is 0 Å². The summed E-state index contributed by atoms with van der Waals surface area (Å²) in [7, 11) is 0. The molecule has 8 heterocycles. The Morgan fingerprint density at radius 3 is 0.808 bits per heavy atom. The van der Waals surface area contributed by atoms with Gasteiger partial charge < -0.3 is 0 Å². The van der Waals surface area contributed by atoms with Gasteiger partial charge in [0.2, 0.25) is 0 Å². The maximum atomic E-state index is 4.64. The van der Waals surface area contributed by atoms with Gasteiger partial charge in [0.15, 0.2) is 0 Å². The summed E-state index contributed by atoms with van der Waals surface area (Å²) in [5, 5.41) is 0. The zero-order valence-corrected chi connectivity index (χ0v) is 49.0. The maximum Gasteiger partial charge on any atom is 0.0686 e. The highest BCUT2D eigenvalue weighted by Crippen LogP contribution is 2.39. The lowest BCUT2D eigenvalue weighted by Gasteiger charge is -2.01. The Bertz CT molecular complexity index is 3190. The third-order valence-corrected chi connectivity index (χ3v) is 13.9. The highest BCUT2D eigenvalue weighted by Gasteiger charge is 2.21. The second-order valence-corrected chi connectivity index (χ2v) is 21.1. The molecule has 14 rings (SSSR count). The predicted octanol–water partition coefficient (Wildman–Crippen LogP) is 19.7. The van der Waals surface area contributed by atoms with Gasteiger partial charge in [-0.1, -0.05) is 147 Å². The molecular weight excluding hydrogens is 953 g/mol. The largest absolute Gasteiger partial charge is 0.257 e. The van der Waals surface area contributed by atoms with E-state index in [2.05, 4.69) is 220 Å². The second kappa shape index (κ2) is 28.9. The van der Waals surface area contributed by atoms with Gasteiger partial charge in [0.1, 0.15) is 0 Å². The summed E-state index contributed by atoms with van der Waals surface area (Å²) in [6.45, 7) is 25.5. The minimum absolute atomic E-state index is 1.000. The van der Waals surface area contributed by atoms with Crippen molar-refractivity contribution < 1.29 is 0 Å². The summed E-state index contributed by atoms with van der Waals surface area (Å²) < 4.78 is 0. The molecule has 0 bridgehead atoms. The monoisotopic (exact) mass is 1040 g/mol. The number of hydrogen-bond acceptors (Lipinski definition) is 8. The molecule has 0 unspecified atom stereocenters. The standard InChI is InChI=1S/2C13H14N2.2C10H11N.2C9H9N.2C3H8/c1-3-11-5-10-7-12-9(4-8(2)14-12)6-13(10)15-11;1-3-11-6-10-5-9-4-8(2)14-12(9)7-13(10)15-11;2*1-2-9-7-8-5-3-4-6-10(8)11-9;2*1-7-6-8-4-2-3-5-9(8)10-7;2*1-3-2/h6-7H,3-5H2,1-2H3;5,7H,3-4,6H2,1-2H3;2*3-6H,2,7H2,1H3;2*2-5H,6H2,1H3;2*3H2,1-2H3. The Morgan fingerprint density at radius 1 is 0.244 bits per heavy atom. The summed E-state index contributed by atoms with van der Waals surface area (Å²) in [5.74, 6) is 0. The van der Waals surface area contributed by atoms with Crippen molar-refractivity contribution in [1.82, 2.24) is 0 Å². The van der Waals surface area contributed by atoms with Crippen LogP contribution >= 0.6 is 0 Å². The summed E-state index contributed by atoms with van der Waals surface area (Å²) in [6.07, 6.45) is 15.0. The van der Waals surface area contributed by atoms with Gasteiger partial charge in [-0.2, -0.15) is 0 Å². The van der Waals surface area contributed by atoms with E-state index in [4.69, 9.17) is 0 Å². The smallest absolute Gasteiger partial charge is 0.0686 e. The molecule has 0 N–H and O–H groups in total. The Morgan fingerprint density at radius 2 is 0.462 bits per heavy atom. The number of aliphatic imine (C=N–C) groups is 8. The Balaban J connectivity index is 0.000000134. The van der Waals surface area contributed by atoms with Gasteiger partial charge in [-0.15, -0.1) is 0 Å². The molecule has 0 atom stereocenters. The van der Waals surface area contributed by atoms with Crippen molar-refractivity contribution >= 4 is 91.2 Å². The van der Waals surface area contributed by atoms with E-state index in [1.54, 1.807) is 0 Å². The van der Waals surface area contributed by atoms with Gasteiger partial charge in [0.05, 0.1) is 45.5 Å². The molecule has 8 nitrogen and oxygen atoms in total. The first-order chi connectivity index (χ1) is 37.9. The molecule has 0 aromatic heterocycles. The fraction of sp³-hybridized carbons (Fsp3) is 0.371. The molecule has 78 heavy (non-hydrogen) atoms. The first-order valence-electron chi connectivity index (χ1n) is 28.9. The Kier molecular flexibility index (Phi) is 21.6. The third-order valence-electron chi connectivity index (χ3n) is 13.9. The van der Waals surface area contributed by atoms with E-state index in [0.717, 1.165) is 99.8 Å². The summed E-state index contributed by atoms with van der Waals surface area (Å²) >= 11 is 0. The van der Waals surface area contributed by atoms with Crippen LogP contribution in [-0.2, 0) is 51.4 Å². The van der Waals surface area contributed by atoms with Gasteiger partial charge in [-0.25, -0.2) is 0 Å². The second-order valence-electron chi connectivity index (χ2n) is 21.1. The molecule has 0 aliphatic carbocycles. The summed E-state index contributed by atoms with van der Waals surface area (Å²) in [4.78, 5) is 36.0. The van der Waals surface area contributed by atoms with Crippen molar-refractivity contribution in [3.05, 3.63) is 166 Å². The molecule has 8 heteroatoms. The number of nitrogens with zero attached hydrogens (tertiary/aromatic N) is 8. The van der Waals surface area contributed by atoms with Crippen LogP contribution in [0.25, 0.3) is 0 Å². The van der Waals surface area contributed by atoms with E-state index < -0.39 is 0 Å². The SMILES string of the molecule is CC1=Nc2ccccc2C1.CC1=Nc2ccccc2C1.CCC.CCC.CCC1=Nc2cc3c(cc2C1)CC(C)=N3.CCC1=Nc2cc3c(cc2C1)N=C(C)C3.CCC1=Nc2ccccc2C1.CCC1=Nc2ccccc2C1. The van der Waals surface area contributed by atoms with Crippen LogP contribution < -0.4 is 0 Å². The van der Waals surface area contributed by atoms with Crippen molar-refractivity contribution in [2.75, 3.05) is 0 Å². The van der Waals surface area contributed by atoms with E-state index >= 15 is 0 Å². The van der Waals surface area contributed by atoms with Crippen molar-refractivity contribution in [2.24, 2.45) is 39.9 Å². The highest BCUT2D eigenvalue weighted by molar-refractivity contribution is 5.99. The van der Waals surface area contributed by atoms with Gasteiger partial charge >= 0.3 is 0 Å². The van der Waals surface area contributed by atoms with Crippen LogP contribution in [0.5, 0.6) is 0 Å². The van der Waals surface area contributed by atoms with E-state index in [9.17, 15) is 0 Å². The number of hydrogen-bond donors (Lipinski definition) is 0. The van der Waals surface area contributed by atoms with Crippen LogP contribution in [0.4, 0.5) is 45.5 Å². The van der Waals surface area contributed by atoms with Gasteiger partial charge in [0.25, 0.3) is 0 Å². The van der Waals surface area contributed by atoms with Crippen LogP contribution in [0.1, 0.15) is 166 Å². The minimum Gasteiger partial charge on any atom is -0.257 e. The molecular formula is C70H84N8. The lowest BCUT2D eigenvalue weighted by atomic mass is 10.0. The number of fused-ring (bicyclic) bond motifs is 8. The van der Waals surface area contributed by atoms with Gasteiger partial charge in [-0.05, 0) is 140 Å². The molecule has 8 aliphatic rings. The van der Waals surface area contributed by atoms with E-state index in [1.807, 2.05) is 24.3 Å².